The lowest BCUT2D eigenvalue weighted by Gasteiger charge is -2.09. The van der Waals surface area contributed by atoms with Gasteiger partial charge in [0, 0.05) is 28.1 Å². The fraction of sp³-hybridized carbons (Fsp3) is 0.500. The van der Waals surface area contributed by atoms with Crippen molar-refractivity contribution in [1.82, 2.24) is 0 Å². The van der Waals surface area contributed by atoms with E-state index in [0.29, 0.717) is 23.1 Å². The number of halogens is 2. The number of ether oxygens (including phenoxy) is 1. The minimum atomic E-state index is 0.141. The Bertz CT molecular complexity index is 428. The predicted molar refractivity (Wildman–Crippen MR) is 76.3 cm³/mol. The number of ketones is 1. The fourth-order valence-corrected chi connectivity index (χ4v) is 2.85. The zero-order valence-electron chi connectivity index (χ0n) is 10.1. The molecule has 0 amide bonds. The molecule has 1 atom stereocenters. The van der Waals surface area contributed by atoms with Gasteiger partial charge in [0.05, 0.1) is 6.10 Å². The number of benzene rings is 1. The summed E-state index contributed by atoms with van der Waals surface area (Å²) in [6, 6.07) is 5.31. The highest BCUT2D eigenvalue weighted by Gasteiger charge is 2.16. The maximum atomic E-state index is 12.1. The van der Waals surface area contributed by atoms with Crippen LogP contribution in [0.4, 0.5) is 0 Å². The van der Waals surface area contributed by atoms with E-state index in [0.717, 1.165) is 36.8 Å². The summed E-state index contributed by atoms with van der Waals surface area (Å²) >= 11 is 9.29. The third kappa shape index (κ3) is 3.81. The van der Waals surface area contributed by atoms with Crippen LogP contribution in [0.5, 0.6) is 0 Å². The maximum absolute atomic E-state index is 12.1. The molecule has 0 bridgehead atoms. The molecule has 98 valence electrons. The van der Waals surface area contributed by atoms with E-state index in [1.807, 2.05) is 6.07 Å². The van der Waals surface area contributed by atoms with Crippen LogP contribution in [0.15, 0.2) is 22.7 Å². The number of carbonyl (C=O) groups is 1. The van der Waals surface area contributed by atoms with Gasteiger partial charge < -0.3 is 4.74 Å². The molecule has 0 aliphatic carbocycles. The number of carbonyl (C=O) groups excluding carboxylic acids is 1. The van der Waals surface area contributed by atoms with Gasteiger partial charge in [-0.3, -0.25) is 4.79 Å². The average Bonchev–Trinajstić information content (AvgIpc) is 2.85. The highest BCUT2D eigenvalue weighted by Crippen LogP contribution is 2.24. The molecular formula is C14H16BrClO2. The maximum Gasteiger partial charge on any atom is 0.164 e. The van der Waals surface area contributed by atoms with Crippen molar-refractivity contribution in [2.24, 2.45) is 0 Å². The van der Waals surface area contributed by atoms with Crippen molar-refractivity contribution in [1.29, 1.82) is 0 Å². The first kappa shape index (κ1) is 14.0. The van der Waals surface area contributed by atoms with Gasteiger partial charge in [-0.1, -0.05) is 27.5 Å². The van der Waals surface area contributed by atoms with Crippen molar-refractivity contribution in [2.75, 3.05) is 6.61 Å². The number of rotatable bonds is 5. The number of hydrogen-bond acceptors (Lipinski definition) is 2. The van der Waals surface area contributed by atoms with E-state index in [4.69, 9.17) is 16.3 Å². The SMILES string of the molecule is O=C(CCCC1CCCO1)c1cc(Cl)ccc1Br. The second kappa shape index (κ2) is 6.69. The van der Waals surface area contributed by atoms with Gasteiger partial charge in [-0.25, -0.2) is 0 Å². The van der Waals surface area contributed by atoms with E-state index in [2.05, 4.69) is 15.9 Å². The molecule has 1 aromatic carbocycles. The Kier molecular flexibility index (Phi) is 5.22. The quantitative estimate of drug-likeness (QED) is 0.735. The summed E-state index contributed by atoms with van der Waals surface area (Å²) in [5, 5.41) is 0.598. The highest BCUT2D eigenvalue weighted by atomic mass is 79.9. The van der Waals surface area contributed by atoms with Gasteiger partial charge in [0.25, 0.3) is 0 Å². The van der Waals surface area contributed by atoms with Crippen molar-refractivity contribution >= 4 is 33.3 Å². The molecule has 4 heteroatoms. The van der Waals surface area contributed by atoms with Gasteiger partial charge in [-0.05, 0) is 43.9 Å². The van der Waals surface area contributed by atoms with Gasteiger partial charge in [-0.15, -0.1) is 0 Å². The minimum Gasteiger partial charge on any atom is -0.378 e. The standard InChI is InChI=1S/C14H16BrClO2/c15-13-7-6-10(16)9-12(13)14(17)5-1-3-11-4-2-8-18-11/h6-7,9,11H,1-5,8H2. The summed E-state index contributed by atoms with van der Waals surface area (Å²) < 4.78 is 6.36. The molecule has 0 radical (unpaired) electrons. The molecule has 1 fully saturated rings. The first-order valence-electron chi connectivity index (χ1n) is 6.26. The van der Waals surface area contributed by atoms with Crippen LogP contribution in [-0.2, 0) is 4.74 Å². The monoisotopic (exact) mass is 330 g/mol. The van der Waals surface area contributed by atoms with Gasteiger partial charge in [0.15, 0.2) is 5.78 Å². The van der Waals surface area contributed by atoms with E-state index < -0.39 is 0 Å². The van der Waals surface area contributed by atoms with Gasteiger partial charge in [0.1, 0.15) is 0 Å². The number of hydrogen-bond donors (Lipinski definition) is 0. The van der Waals surface area contributed by atoms with E-state index in [1.54, 1.807) is 12.1 Å². The van der Waals surface area contributed by atoms with Crippen LogP contribution in [0.3, 0.4) is 0 Å². The van der Waals surface area contributed by atoms with E-state index >= 15 is 0 Å². The molecule has 1 aliphatic heterocycles. The third-order valence-electron chi connectivity index (χ3n) is 3.18. The van der Waals surface area contributed by atoms with Gasteiger partial charge >= 0.3 is 0 Å². The average molecular weight is 332 g/mol. The predicted octanol–water partition coefficient (Wildman–Crippen LogP) is 4.63. The molecule has 0 N–H and O–H groups in total. The molecule has 18 heavy (non-hydrogen) atoms. The smallest absolute Gasteiger partial charge is 0.164 e. The molecule has 1 saturated heterocycles. The van der Waals surface area contributed by atoms with Crippen LogP contribution >= 0.6 is 27.5 Å². The Labute approximate surface area is 121 Å². The Morgan fingerprint density at radius 2 is 2.33 bits per heavy atom. The van der Waals surface area contributed by atoms with Crippen molar-refractivity contribution in [2.45, 2.75) is 38.2 Å². The first-order chi connectivity index (χ1) is 8.66. The largest absolute Gasteiger partial charge is 0.378 e. The Balaban J connectivity index is 1.85. The lowest BCUT2D eigenvalue weighted by Crippen LogP contribution is -2.07. The van der Waals surface area contributed by atoms with Gasteiger partial charge in [-0.2, -0.15) is 0 Å². The Morgan fingerprint density at radius 1 is 1.50 bits per heavy atom. The second-order valence-electron chi connectivity index (χ2n) is 4.57. The lowest BCUT2D eigenvalue weighted by atomic mass is 10.0. The van der Waals surface area contributed by atoms with Crippen LogP contribution in [0.2, 0.25) is 5.02 Å². The zero-order chi connectivity index (χ0) is 13.0. The topological polar surface area (TPSA) is 26.3 Å². The second-order valence-corrected chi connectivity index (χ2v) is 5.87. The number of Topliss-reactive ketones (excluding diaryl/α,β-unsaturated/α-hetero) is 1. The molecule has 0 spiro atoms. The Hall–Kier alpha value is -0.380. The summed E-state index contributed by atoms with van der Waals surface area (Å²) in [5.74, 6) is 0.141. The molecule has 0 aromatic heterocycles. The van der Waals surface area contributed by atoms with Crippen molar-refractivity contribution in [3.8, 4) is 0 Å². The normalized spacial score (nSPS) is 19.1. The van der Waals surface area contributed by atoms with E-state index in [1.165, 1.54) is 0 Å². The van der Waals surface area contributed by atoms with Crippen molar-refractivity contribution < 1.29 is 9.53 Å². The van der Waals surface area contributed by atoms with Crippen LogP contribution in [0, 0.1) is 0 Å². The van der Waals surface area contributed by atoms with Crippen LogP contribution in [0.25, 0.3) is 0 Å². The summed E-state index contributed by atoms with van der Waals surface area (Å²) in [4.78, 5) is 12.1. The molecular weight excluding hydrogens is 316 g/mol. The molecule has 0 saturated carbocycles. The summed E-state index contributed by atoms with van der Waals surface area (Å²) in [5.41, 5.74) is 0.676. The van der Waals surface area contributed by atoms with Crippen LogP contribution < -0.4 is 0 Å². The summed E-state index contributed by atoms with van der Waals surface area (Å²) in [6.45, 7) is 0.873. The first-order valence-corrected chi connectivity index (χ1v) is 7.44. The minimum absolute atomic E-state index is 0.141. The lowest BCUT2D eigenvalue weighted by molar-refractivity contribution is 0.0922. The van der Waals surface area contributed by atoms with Crippen LogP contribution in [-0.4, -0.2) is 18.5 Å². The summed E-state index contributed by atoms with van der Waals surface area (Å²) in [6.07, 6.45) is 5.05. The Morgan fingerprint density at radius 3 is 3.06 bits per heavy atom. The molecule has 1 unspecified atom stereocenters. The molecule has 2 rings (SSSR count). The molecule has 1 aromatic rings. The fourth-order valence-electron chi connectivity index (χ4n) is 2.21. The van der Waals surface area contributed by atoms with Crippen molar-refractivity contribution in [3.05, 3.63) is 33.3 Å². The zero-order valence-corrected chi connectivity index (χ0v) is 12.5. The van der Waals surface area contributed by atoms with E-state index in [-0.39, 0.29) is 5.78 Å². The van der Waals surface area contributed by atoms with Gasteiger partial charge in [0.2, 0.25) is 0 Å². The van der Waals surface area contributed by atoms with E-state index in [9.17, 15) is 4.79 Å². The molecule has 1 aliphatic rings. The van der Waals surface area contributed by atoms with Crippen molar-refractivity contribution in [3.63, 3.8) is 0 Å². The molecule has 1 heterocycles. The third-order valence-corrected chi connectivity index (χ3v) is 4.11. The molecule has 2 nitrogen and oxygen atoms in total. The summed E-state index contributed by atoms with van der Waals surface area (Å²) in [7, 11) is 0. The highest BCUT2D eigenvalue weighted by molar-refractivity contribution is 9.10. The van der Waals surface area contributed by atoms with Crippen LogP contribution in [0.1, 0.15) is 42.5 Å².